The fraction of sp³-hybridized carbons (Fsp3) is 0.900. The summed E-state index contributed by atoms with van der Waals surface area (Å²) in [6, 6.07) is 0.372. The molecule has 0 amide bonds. The van der Waals surface area contributed by atoms with Gasteiger partial charge < -0.3 is 5.32 Å². The van der Waals surface area contributed by atoms with Gasteiger partial charge in [-0.3, -0.25) is 10.4 Å². The van der Waals surface area contributed by atoms with Crippen LogP contribution < -0.4 is 16.6 Å². The summed E-state index contributed by atoms with van der Waals surface area (Å²) in [6.07, 6.45) is 0. The molecule has 0 aromatic carbocycles. The van der Waals surface area contributed by atoms with E-state index in [2.05, 4.69) is 50.4 Å². The number of aliphatic imine (C=N–C) groups is 1. The topological polar surface area (TPSA) is 62.4 Å². The minimum absolute atomic E-state index is 0.372. The molecule has 0 aliphatic carbocycles. The molecule has 1 atom stereocenters. The number of nitrogens with zero attached hydrogens (tertiary/aromatic N) is 1. The van der Waals surface area contributed by atoms with Crippen LogP contribution in [0.5, 0.6) is 0 Å². The van der Waals surface area contributed by atoms with Crippen molar-refractivity contribution >= 4 is 5.96 Å². The highest BCUT2D eigenvalue weighted by Crippen LogP contribution is 1.99. The van der Waals surface area contributed by atoms with Gasteiger partial charge in [0.15, 0.2) is 0 Å². The zero-order valence-corrected chi connectivity index (χ0v) is 9.96. The lowest BCUT2D eigenvalue weighted by molar-refractivity contribution is 0.480. The molecule has 0 aliphatic rings. The van der Waals surface area contributed by atoms with Gasteiger partial charge in [0, 0.05) is 12.6 Å². The van der Waals surface area contributed by atoms with Crippen molar-refractivity contribution < 1.29 is 0 Å². The van der Waals surface area contributed by atoms with E-state index in [9.17, 15) is 0 Å². The molecule has 1 unspecified atom stereocenters. The monoisotopic (exact) mass is 200 g/mol. The number of hydrogen-bond acceptors (Lipinski definition) is 2. The molecule has 0 aliphatic heterocycles. The van der Waals surface area contributed by atoms with Crippen LogP contribution in [0.4, 0.5) is 0 Å². The second-order valence-electron chi connectivity index (χ2n) is 4.40. The normalized spacial score (nSPS) is 14.7. The largest absolute Gasteiger partial charge is 0.353 e. The third-order valence-electron chi connectivity index (χ3n) is 2.12. The van der Waals surface area contributed by atoms with Gasteiger partial charge in [-0.2, -0.15) is 0 Å². The van der Waals surface area contributed by atoms with Crippen molar-refractivity contribution in [3.8, 4) is 0 Å². The summed E-state index contributed by atoms with van der Waals surface area (Å²) in [6.45, 7) is 11.5. The molecule has 84 valence electrons. The molecular weight excluding hydrogens is 176 g/mol. The smallest absolute Gasteiger partial charge is 0.205 e. The van der Waals surface area contributed by atoms with Crippen LogP contribution in [-0.4, -0.2) is 18.5 Å². The standard InChI is InChI=1S/C10H24N4/c1-7(2)6-12-10(14-11)13-9(5)8(3)4/h7-9H,6,11H2,1-5H3,(H2,12,13,14). The number of hydrazine groups is 1. The van der Waals surface area contributed by atoms with Gasteiger partial charge in [-0.15, -0.1) is 0 Å². The Hall–Kier alpha value is -0.770. The minimum atomic E-state index is 0.372. The minimum Gasteiger partial charge on any atom is -0.353 e. The van der Waals surface area contributed by atoms with E-state index in [0.717, 1.165) is 6.54 Å². The van der Waals surface area contributed by atoms with Crippen LogP contribution in [0.25, 0.3) is 0 Å². The maximum Gasteiger partial charge on any atom is 0.205 e. The summed E-state index contributed by atoms with van der Waals surface area (Å²) in [5, 5.41) is 3.24. The Balaban J connectivity index is 4.07. The highest BCUT2D eigenvalue weighted by molar-refractivity contribution is 5.79. The van der Waals surface area contributed by atoms with E-state index in [1.807, 2.05) is 0 Å². The lowest BCUT2D eigenvalue weighted by Crippen LogP contribution is -2.47. The van der Waals surface area contributed by atoms with Gasteiger partial charge in [0.1, 0.15) is 0 Å². The average Bonchev–Trinajstić information content (AvgIpc) is 2.11. The summed E-state index contributed by atoms with van der Waals surface area (Å²) >= 11 is 0. The fourth-order valence-corrected chi connectivity index (χ4v) is 0.789. The van der Waals surface area contributed by atoms with Crippen molar-refractivity contribution in [2.75, 3.05) is 6.54 Å². The molecule has 0 fully saturated rings. The van der Waals surface area contributed by atoms with Crippen molar-refractivity contribution in [3.05, 3.63) is 0 Å². The molecule has 0 bridgehead atoms. The molecule has 4 nitrogen and oxygen atoms in total. The fourth-order valence-electron chi connectivity index (χ4n) is 0.789. The zero-order chi connectivity index (χ0) is 11.1. The quantitative estimate of drug-likeness (QED) is 0.275. The molecule has 0 aromatic rings. The Morgan fingerprint density at radius 2 is 1.79 bits per heavy atom. The zero-order valence-electron chi connectivity index (χ0n) is 9.96. The van der Waals surface area contributed by atoms with Crippen molar-refractivity contribution in [3.63, 3.8) is 0 Å². The summed E-state index contributed by atoms with van der Waals surface area (Å²) in [7, 11) is 0. The lowest BCUT2D eigenvalue weighted by Gasteiger charge is -2.19. The molecule has 0 aromatic heterocycles. The van der Waals surface area contributed by atoms with E-state index < -0.39 is 0 Å². The average molecular weight is 200 g/mol. The van der Waals surface area contributed by atoms with Gasteiger partial charge in [0.05, 0.1) is 0 Å². The first-order valence-corrected chi connectivity index (χ1v) is 5.25. The third kappa shape index (κ3) is 5.80. The Morgan fingerprint density at radius 3 is 2.14 bits per heavy atom. The van der Waals surface area contributed by atoms with Crippen LogP contribution in [0, 0.1) is 11.8 Å². The van der Waals surface area contributed by atoms with Gasteiger partial charge in [-0.1, -0.05) is 27.7 Å². The Bertz CT molecular complexity index is 175. The van der Waals surface area contributed by atoms with Crippen LogP contribution in [-0.2, 0) is 0 Å². The summed E-state index contributed by atoms with van der Waals surface area (Å²) in [4.78, 5) is 4.33. The number of hydrogen-bond donors (Lipinski definition) is 3. The molecule has 0 saturated carbocycles. The van der Waals surface area contributed by atoms with E-state index >= 15 is 0 Å². The Morgan fingerprint density at radius 1 is 1.21 bits per heavy atom. The number of nitrogens with two attached hydrogens (primary N) is 1. The maximum absolute atomic E-state index is 5.36. The van der Waals surface area contributed by atoms with Crippen LogP contribution in [0.1, 0.15) is 34.6 Å². The molecule has 14 heavy (non-hydrogen) atoms. The second kappa shape index (κ2) is 6.65. The molecule has 0 heterocycles. The predicted octanol–water partition coefficient (Wildman–Crippen LogP) is 1.10. The van der Waals surface area contributed by atoms with E-state index in [-0.39, 0.29) is 0 Å². The SMILES string of the molecule is CC(C)CN=C(NN)NC(C)C(C)C. The summed E-state index contributed by atoms with van der Waals surface area (Å²) < 4.78 is 0. The molecule has 0 rings (SSSR count). The lowest BCUT2D eigenvalue weighted by atomic mass is 10.1. The summed E-state index contributed by atoms with van der Waals surface area (Å²) in [5.74, 6) is 7.16. The van der Waals surface area contributed by atoms with E-state index in [1.165, 1.54) is 0 Å². The first kappa shape index (κ1) is 13.2. The molecular formula is C10H24N4. The highest BCUT2D eigenvalue weighted by Gasteiger charge is 2.08. The summed E-state index contributed by atoms with van der Waals surface area (Å²) in [5.41, 5.74) is 2.58. The van der Waals surface area contributed by atoms with E-state index in [4.69, 9.17) is 5.84 Å². The van der Waals surface area contributed by atoms with Gasteiger partial charge in [0.2, 0.25) is 5.96 Å². The Labute approximate surface area is 87.3 Å². The van der Waals surface area contributed by atoms with Gasteiger partial charge in [0.25, 0.3) is 0 Å². The Kier molecular flexibility index (Phi) is 6.28. The van der Waals surface area contributed by atoms with Crippen molar-refractivity contribution in [1.82, 2.24) is 10.7 Å². The molecule has 4 N–H and O–H groups in total. The van der Waals surface area contributed by atoms with Crippen molar-refractivity contribution in [1.29, 1.82) is 0 Å². The van der Waals surface area contributed by atoms with E-state index in [0.29, 0.717) is 23.8 Å². The first-order valence-electron chi connectivity index (χ1n) is 5.25. The highest BCUT2D eigenvalue weighted by atomic mass is 15.3. The number of rotatable bonds is 4. The first-order chi connectivity index (χ1) is 6.47. The molecule has 0 saturated heterocycles. The van der Waals surface area contributed by atoms with Gasteiger partial charge in [-0.05, 0) is 18.8 Å². The van der Waals surface area contributed by atoms with Crippen LogP contribution in [0.3, 0.4) is 0 Å². The van der Waals surface area contributed by atoms with E-state index in [1.54, 1.807) is 0 Å². The van der Waals surface area contributed by atoms with Crippen LogP contribution in [0.2, 0.25) is 0 Å². The maximum atomic E-state index is 5.36. The van der Waals surface area contributed by atoms with Crippen LogP contribution >= 0.6 is 0 Å². The number of nitrogens with one attached hydrogen (secondary N) is 2. The third-order valence-corrected chi connectivity index (χ3v) is 2.12. The van der Waals surface area contributed by atoms with Crippen LogP contribution in [0.15, 0.2) is 4.99 Å². The molecule has 0 spiro atoms. The van der Waals surface area contributed by atoms with Gasteiger partial charge >= 0.3 is 0 Å². The van der Waals surface area contributed by atoms with Crippen molar-refractivity contribution in [2.45, 2.75) is 40.7 Å². The molecule has 0 radical (unpaired) electrons. The van der Waals surface area contributed by atoms with Gasteiger partial charge in [-0.25, -0.2) is 5.84 Å². The number of guanidine groups is 1. The predicted molar refractivity (Wildman–Crippen MR) is 61.9 cm³/mol. The molecule has 4 heteroatoms. The van der Waals surface area contributed by atoms with Crippen molar-refractivity contribution in [2.24, 2.45) is 22.7 Å². The second-order valence-corrected chi connectivity index (χ2v) is 4.40.